The van der Waals surface area contributed by atoms with Gasteiger partial charge in [-0.25, -0.2) is 0 Å². The SMILES string of the molecule is Cc1cc(C2CCCN2CCN)nn1C. The number of aryl methyl sites for hydroxylation is 2. The zero-order valence-corrected chi connectivity index (χ0v) is 9.61. The van der Waals surface area contributed by atoms with E-state index in [9.17, 15) is 0 Å². The van der Waals surface area contributed by atoms with Gasteiger partial charge in [0.2, 0.25) is 0 Å². The molecule has 4 nitrogen and oxygen atoms in total. The van der Waals surface area contributed by atoms with Gasteiger partial charge in [-0.15, -0.1) is 0 Å². The van der Waals surface area contributed by atoms with Crippen LogP contribution in [0.25, 0.3) is 0 Å². The number of aromatic nitrogens is 2. The summed E-state index contributed by atoms with van der Waals surface area (Å²) >= 11 is 0. The number of likely N-dealkylation sites (tertiary alicyclic amines) is 1. The van der Waals surface area contributed by atoms with Crippen LogP contribution in [0.2, 0.25) is 0 Å². The highest BCUT2D eigenvalue weighted by Gasteiger charge is 2.27. The third-order valence-electron chi connectivity index (χ3n) is 3.25. The molecule has 2 heterocycles. The standard InChI is InChI=1S/C11H20N4/c1-9-8-10(13-14(9)2)11-4-3-6-15(11)7-5-12/h8,11H,3-7,12H2,1-2H3. The lowest BCUT2D eigenvalue weighted by molar-refractivity contribution is 0.259. The second-order valence-corrected chi connectivity index (χ2v) is 4.32. The third-order valence-corrected chi connectivity index (χ3v) is 3.25. The van der Waals surface area contributed by atoms with Gasteiger partial charge in [0.1, 0.15) is 0 Å². The molecule has 0 radical (unpaired) electrons. The molecule has 2 N–H and O–H groups in total. The molecule has 0 bridgehead atoms. The van der Waals surface area contributed by atoms with Crippen LogP contribution in [0.4, 0.5) is 0 Å². The van der Waals surface area contributed by atoms with Crippen molar-refractivity contribution in [1.82, 2.24) is 14.7 Å². The van der Waals surface area contributed by atoms with Crippen molar-refractivity contribution in [3.63, 3.8) is 0 Å². The van der Waals surface area contributed by atoms with Crippen LogP contribution in [0, 0.1) is 6.92 Å². The Bertz CT molecular complexity index is 312. The Labute approximate surface area is 91.1 Å². The highest BCUT2D eigenvalue weighted by molar-refractivity contribution is 5.14. The second-order valence-electron chi connectivity index (χ2n) is 4.32. The largest absolute Gasteiger partial charge is 0.329 e. The van der Waals surface area contributed by atoms with Crippen LogP contribution >= 0.6 is 0 Å². The molecule has 84 valence electrons. The Hall–Kier alpha value is -0.870. The molecule has 1 aromatic heterocycles. The molecule has 0 saturated carbocycles. The van der Waals surface area contributed by atoms with Gasteiger partial charge in [0.15, 0.2) is 0 Å². The fraction of sp³-hybridized carbons (Fsp3) is 0.727. The minimum absolute atomic E-state index is 0.494. The van der Waals surface area contributed by atoms with Gasteiger partial charge in [0, 0.05) is 25.8 Å². The van der Waals surface area contributed by atoms with E-state index in [4.69, 9.17) is 5.73 Å². The number of hydrogen-bond donors (Lipinski definition) is 1. The van der Waals surface area contributed by atoms with Crippen molar-refractivity contribution < 1.29 is 0 Å². The zero-order valence-electron chi connectivity index (χ0n) is 9.61. The molecule has 1 fully saturated rings. The smallest absolute Gasteiger partial charge is 0.0798 e. The van der Waals surface area contributed by atoms with Gasteiger partial charge in [0.25, 0.3) is 0 Å². The number of nitrogens with zero attached hydrogens (tertiary/aromatic N) is 3. The van der Waals surface area contributed by atoms with E-state index >= 15 is 0 Å². The molecule has 1 unspecified atom stereocenters. The van der Waals surface area contributed by atoms with Crippen LogP contribution in [0.1, 0.15) is 30.3 Å². The molecule has 0 aromatic carbocycles. The van der Waals surface area contributed by atoms with Crippen LogP contribution in [0.5, 0.6) is 0 Å². The van der Waals surface area contributed by atoms with Gasteiger partial charge in [-0.3, -0.25) is 9.58 Å². The Morgan fingerprint density at radius 3 is 3.00 bits per heavy atom. The van der Waals surface area contributed by atoms with Crippen molar-refractivity contribution in [2.45, 2.75) is 25.8 Å². The molecule has 1 aliphatic heterocycles. The Kier molecular flexibility index (Phi) is 3.07. The number of hydrogen-bond acceptors (Lipinski definition) is 3. The molecule has 1 atom stereocenters. The van der Waals surface area contributed by atoms with Crippen LogP contribution in [-0.2, 0) is 7.05 Å². The van der Waals surface area contributed by atoms with Gasteiger partial charge >= 0.3 is 0 Å². The first kappa shape index (κ1) is 10.6. The molecule has 1 saturated heterocycles. The van der Waals surface area contributed by atoms with E-state index in [0.29, 0.717) is 6.04 Å². The Morgan fingerprint density at radius 1 is 1.60 bits per heavy atom. The summed E-state index contributed by atoms with van der Waals surface area (Å²) < 4.78 is 1.95. The monoisotopic (exact) mass is 208 g/mol. The van der Waals surface area contributed by atoms with Gasteiger partial charge in [-0.05, 0) is 32.4 Å². The molecule has 1 aliphatic rings. The molecule has 0 spiro atoms. The lowest BCUT2D eigenvalue weighted by Crippen LogP contribution is -2.29. The summed E-state index contributed by atoms with van der Waals surface area (Å²) in [6, 6.07) is 2.69. The number of nitrogens with two attached hydrogens (primary N) is 1. The Balaban J connectivity index is 2.15. The van der Waals surface area contributed by atoms with Crippen molar-refractivity contribution in [2.24, 2.45) is 12.8 Å². The van der Waals surface area contributed by atoms with Crippen molar-refractivity contribution in [3.05, 3.63) is 17.5 Å². The predicted octanol–water partition coefficient (Wildman–Crippen LogP) is 0.824. The predicted molar refractivity (Wildman–Crippen MR) is 60.5 cm³/mol. The molecular weight excluding hydrogens is 188 g/mol. The summed E-state index contributed by atoms with van der Waals surface area (Å²) in [7, 11) is 2.00. The average Bonchev–Trinajstić information content (AvgIpc) is 2.76. The van der Waals surface area contributed by atoms with Crippen LogP contribution in [-0.4, -0.2) is 34.3 Å². The van der Waals surface area contributed by atoms with E-state index in [1.165, 1.54) is 24.2 Å². The molecule has 15 heavy (non-hydrogen) atoms. The summed E-state index contributed by atoms with van der Waals surface area (Å²) in [5.74, 6) is 0. The lowest BCUT2D eigenvalue weighted by Gasteiger charge is -2.21. The normalized spacial score (nSPS) is 22.5. The summed E-state index contributed by atoms with van der Waals surface area (Å²) in [4.78, 5) is 2.45. The molecule has 0 amide bonds. The van der Waals surface area contributed by atoms with Crippen molar-refractivity contribution in [3.8, 4) is 0 Å². The van der Waals surface area contributed by atoms with E-state index in [2.05, 4.69) is 23.0 Å². The summed E-state index contributed by atoms with van der Waals surface area (Å²) in [6.07, 6.45) is 2.48. The minimum Gasteiger partial charge on any atom is -0.329 e. The Morgan fingerprint density at radius 2 is 2.40 bits per heavy atom. The van der Waals surface area contributed by atoms with Crippen molar-refractivity contribution in [2.75, 3.05) is 19.6 Å². The van der Waals surface area contributed by atoms with Gasteiger partial charge in [-0.1, -0.05) is 0 Å². The maximum absolute atomic E-state index is 5.62. The van der Waals surface area contributed by atoms with E-state index in [1.807, 2.05) is 11.7 Å². The van der Waals surface area contributed by atoms with E-state index < -0.39 is 0 Å². The van der Waals surface area contributed by atoms with Crippen LogP contribution in [0.3, 0.4) is 0 Å². The fourth-order valence-electron chi connectivity index (χ4n) is 2.35. The van der Waals surface area contributed by atoms with Gasteiger partial charge < -0.3 is 5.73 Å². The minimum atomic E-state index is 0.494. The lowest BCUT2D eigenvalue weighted by atomic mass is 10.1. The highest BCUT2D eigenvalue weighted by Crippen LogP contribution is 2.30. The summed E-state index contributed by atoms with van der Waals surface area (Å²) in [5, 5.41) is 4.56. The third kappa shape index (κ3) is 2.06. The second kappa shape index (κ2) is 4.33. The van der Waals surface area contributed by atoms with E-state index in [1.54, 1.807) is 0 Å². The highest BCUT2D eigenvalue weighted by atomic mass is 15.3. The summed E-state index contributed by atoms with van der Waals surface area (Å²) in [5.41, 5.74) is 8.05. The first-order chi connectivity index (χ1) is 7.22. The summed E-state index contributed by atoms with van der Waals surface area (Å²) in [6.45, 7) is 4.98. The fourth-order valence-corrected chi connectivity index (χ4v) is 2.35. The van der Waals surface area contributed by atoms with Crippen LogP contribution < -0.4 is 5.73 Å². The molecular formula is C11H20N4. The van der Waals surface area contributed by atoms with Crippen molar-refractivity contribution >= 4 is 0 Å². The quantitative estimate of drug-likeness (QED) is 0.800. The van der Waals surface area contributed by atoms with E-state index in [0.717, 1.165) is 19.6 Å². The average molecular weight is 208 g/mol. The molecule has 4 heteroatoms. The van der Waals surface area contributed by atoms with Gasteiger partial charge in [-0.2, -0.15) is 5.10 Å². The van der Waals surface area contributed by atoms with E-state index in [-0.39, 0.29) is 0 Å². The zero-order chi connectivity index (χ0) is 10.8. The first-order valence-electron chi connectivity index (χ1n) is 5.67. The topological polar surface area (TPSA) is 47.1 Å². The molecule has 1 aromatic rings. The first-order valence-corrected chi connectivity index (χ1v) is 5.67. The molecule has 0 aliphatic carbocycles. The molecule has 2 rings (SSSR count). The van der Waals surface area contributed by atoms with Gasteiger partial charge in [0.05, 0.1) is 11.7 Å². The van der Waals surface area contributed by atoms with Crippen LogP contribution in [0.15, 0.2) is 6.07 Å². The maximum Gasteiger partial charge on any atom is 0.0798 e. The maximum atomic E-state index is 5.62. The number of rotatable bonds is 3. The van der Waals surface area contributed by atoms with Crippen molar-refractivity contribution in [1.29, 1.82) is 0 Å².